The van der Waals surface area contributed by atoms with Crippen molar-refractivity contribution in [3.8, 4) is 0 Å². The van der Waals surface area contributed by atoms with Gasteiger partial charge in [0.05, 0.1) is 17.8 Å². The number of likely N-dealkylation sites (tertiary alicyclic amines) is 1. The number of nitrogens with zero attached hydrogens (tertiary/aromatic N) is 4. The Bertz CT molecular complexity index is 841. The lowest BCUT2D eigenvalue weighted by atomic mass is 9.99. The minimum atomic E-state index is -0.128. The van der Waals surface area contributed by atoms with Gasteiger partial charge < -0.3 is 5.32 Å². The quantitative estimate of drug-likeness (QED) is 0.778. The zero-order valence-corrected chi connectivity index (χ0v) is 17.7. The topological polar surface area (TPSA) is 78.4 Å². The van der Waals surface area contributed by atoms with Crippen molar-refractivity contribution in [2.75, 3.05) is 29.9 Å². The van der Waals surface area contributed by atoms with Gasteiger partial charge in [0.25, 0.3) is 0 Å². The van der Waals surface area contributed by atoms with Gasteiger partial charge in [-0.1, -0.05) is 6.92 Å². The Morgan fingerprint density at radius 3 is 2.71 bits per heavy atom. The maximum atomic E-state index is 12.3. The Morgan fingerprint density at radius 2 is 1.96 bits per heavy atom. The molecule has 0 aliphatic carbocycles. The van der Waals surface area contributed by atoms with Gasteiger partial charge >= 0.3 is 0 Å². The van der Waals surface area contributed by atoms with E-state index in [9.17, 15) is 9.59 Å². The van der Waals surface area contributed by atoms with Gasteiger partial charge in [-0.3, -0.25) is 19.4 Å². The molecule has 0 atom stereocenters. The van der Waals surface area contributed by atoms with Gasteiger partial charge in [0.1, 0.15) is 0 Å². The van der Waals surface area contributed by atoms with Gasteiger partial charge in [0, 0.05) is 30.3 Å². The number of anilines is 2. The molecule has 0 spiro atoms. The lowest BCUT2D eigenvalue weighted by Gasteiger charge is -2.29. The third-order valence-electron chi connectivity index (χ3n) is 5.25. The van der Waals surface area contributed by atoms with Crippen molar-refractivity contribution in [3.63, 3.8) is 0 Å². The molecule has 0 radical (unpaired) electrons. The molecule has 2 amide bonds. The number of hydrogen-bond donors (Lipinski definition) is 1. The number of rotatable bonds is 6. The number of amides is 2. The van der Waals surface area contributed by atoms with Gasteiger partial charge in [-0.15, -0.1) is 22.7 Å². The first-order valence-electron chi connectivity index (χ1n) is 9.78. The first-order chi connectivity index (χ1) is 13.6. The maximum absolute atomic E-state index is 12.3. The second-order valence-electron chi connectivity index (χ2n) is 7.60. The van der Waals surface area contributed by atoms with Crippen LogP contribution in [0.5, 0.6) is 0 Å². The molecule has 2 saturated heterocycles. The number of hydrogen-bond acceptors (Lipinski definition) is 7. The van der Waals surface area contributed by atoms with Gasteiger partial charge in [-0.05, 0) is 38.3 Å². The van der Waals surface area contributed by atoms with E-state index < -0.39 is 0 Å². The molecule has 2 fully saturated rings. The van der Waals surface area contributed by atoms with Gasteiger partial charge in [0.2, 0.25) is 11.8 Å². The summed E-state index contributed by atoms with van der Waals surface area (Å²) in [5.74, 6) is 0.803. The van der Waals surface area contributed by atoms with Crippen LogP contribution >= 0.6 is 22.7 Å². The predicted molar refractivity (Wildman–Crippen MR) is 112 cm³/mol. The van der Waals surface area contributed by atoms with Crippen molar-refractivity contribution in [1.29, 1.82) is 0 Å². The lowest BCUT2D eigenvalue weighted by molar-refractivity contribution is -0.117. The highest BCUT2D eigenvalue weighted by molar-refractivity contribution is 7.14. The van der Waals surface area contributed by atoms with Crippen LogP contribution < -0.4 is 10.2 Å². The number of carbonyl (C=O) groups excluding carboxylic acids is 2. The monoisotopic (exact) mass is 419 g/mol. The summed E-state index contributed by atoms with van der Waals surface area (Å²) in [7, 11) is 0. The number of nitrogens with one attached hydrogen (secondary N) is 1. The van der Waals surface area contributed by atoms with Gasteiger partial charge in [-0.25, -0.2) is 9.97 Å². The summed E-state index contributed by atoms with van der Waals surface area (Å²) in [5, 5.41) is 8.08. The standard InChI is InChI=1S/C19H25N5O2S2/c1-13-4-7-23(8-5-13)10-15-12-27-18(20-15)22-16(25)9-14-11-28-19(21-14)24-6-2-3-17(24)26/h11-13H,2-10H2,1H3,(H,20,22,25). The van der Waals surface area contributed by atoms with E-state index in [1.807, 2.05) is 10.8 Å². The smallest absolute Gasteiger partial charge is 0.232 e. The van der Waals surface area contributed by atoms with E-state index in [0.717, 1.165) is 44.2 Å². The van der Waals surface area contributed by atoms with Crippen molar-refractivity contribution in [2.24, 2.45) is 5.92 Å². The molecule has 4 rings (SSSR count). The number of aromatic nitrogens is 2. The van der Waals surface area contributed by atoms with Crippen LogP contribution in [0.2, 0.25) is 0 Å². The molecule has 0 saturated carbocycles. The van der Waals surface area contributed by atoms with E-state index in [2.05, 4.69) is 27.1 Å². The van der Waals surface area contributed by atoms with Crippen LogP contribution in [0.25, 0.3) is 0 Å². The Kier molecular flexibility index (Phi) is 6.03. The number of piperidine rings is 1. The van der Waals surface area contributed by atoms with E-state index in [1.54, 1.807) is 4.90 Å². The Morgan fingerprint density at radius 1 is 1.18 bits per heavy atom. The fourth-order valence-electron chi connectivity index (χ4n) is 3.57. The largest absolute Gasteiger partial charge is 0.302 e. The van der Waals surface area contributed by atoms with E-state index >= 15 is 0 Å². The normalized spacial score (nSPS) is 18.8. The molecule has 0 aromatic carbocycles. The minimum absolute atomic E-state index is 0.115. The van der Waals surface area contributed by atoms with Crippen LogP contribution in [0, 0.1) is 5.92 Å². The SMILES string of the molecule is CC1CCN(Cc2csc(NC(=O)Cc3csc(N4CCCC4=O)n3)n2)CC1. The fourth-order valence-corrected chi connectivity index (χ4v) is 5.15. The highest BCUT2D eigenvalue weighted by atomic mass is 32.1. The average Bonchev–Trinajstić information content (AvgIpc) is 3.39. The third-order valence-corrected chi connectivity index (χ3v) is 6.96. The third kappa shape index (κ3) is 4.76. The Balaban J connectivity index is 1.28. The summed E-state index contributed by atoms with van der Waals surface area (Å²) >= 11 is 2.88. The summed E-state index contributed by atoms with van der Waals surface area (Å²) in [6.45, 7) is 6.11. The van der Waals surface area contributed by atoms with Gasteiger partial charge in [-0.2, -0.15) is 0 Å². The molecule has 2 aromatic rings. The minimum Gasteiger partial charge on any atom is -0.302 e. The summed E-state index contributed by atoms with van der Waals surface area (Å²) in [6.07, 6.45) is 4.13. The molecule has 0 bridgehead atoms. The highest BCUT2D eigenvalue weighted by Gasteiger charge is 2.24. The van der Waals surface area contributed by atoms with Crippen LogP contribution in [0.1, 0.15) is 44.0 Å². The fraction of sp³-hybridized carbons (Fsp3) is 0.579. The molecule has 0 unspecified atom stereocenters. The molecule has 2 aromatic heterocycles. The Labute approximate surface area is 172 Å². The van der Waals surface area contributed by atoms with Crippen LogP contribution in [0.15, 0.2) is 10.8 Å². The summed E-state index contributed by atoms with van der Waals surface area (Å²) in [6, 6.07) is 0. The Hall–Kier alpha value is -1.84. The van der Waals surface area contributed by atoms with Crippen LogP contribution in [0.3, 0.4) is 0 Å². The van der Waals surface area contributed by atoms with E-state index in [1.165, 1.54) is 35.5 Å². The van der Waals surface area contributed by atoms with Gasteiger partial charge in [0.15, 0.2) is 10.3 Å². The number of thiazole rings is 2. The van der Waals surface area contributed by atoms with Crippen molar-refractivity contribution < 1.29 is 9.59 Å². The zero-order chi connectivity index (χ0) is 19.5. The van der Waals surface area contributed by atoms with Crippen LogP contribution in [-0.4, -0.2) is 46.3 Å². The molecule has 2 aliphatic rings. The molecule has 9 heteroatoms. The highest BCUT2D eigenvalue weighted by Crippen LogP contribution is 2.26. The van der Waals surface area contributed by atoms with Crippen molar-refractivity contribution in [2.45, 2.75) is 45.6 Å². The lowest BCUT2D eigenvalue weighted by Crippen LogP contribution is -2.32. The average molecular weight is 420 g/mol. The van der Waals surface area contributed by atoms with E-state index in [4.69, 9.17) is 0 Å². The van der Waals surface area contributed by atoms with Crippen molar-refractivity contribution in [1.82, 2.24) is 14.9 Å². The maximum Gasteiger partial charge on any atom is 0.232 e. The first-order valence-corrected chi connectivity index (χ1v) is 11.5. The molecule has 4 heterocycles. The molecule has 1 N–H and O–H groups in total. The molecule has 150 valence electrons. The molecular weight excluding hydrogens is 394 g/mol. The second kappa shape index (κ2) is 8.67. The summed E-state index contributed by atoms with van der Waals surface area (Å²) in [4.78, 5) is 37.3. The second-order valence-corrected chi connectivity index (χ2v) is 9.29. The van der Waals surface area contributed by atoms with Crippen molar-refractivity contribution in [3.05, 3.63) is 22.1 Å². The molecular formula is C19H25N5O2S2. The van der Waals surface area contributed by atoms with Crippen molar-refractivity contribution >= 4 is 44.8 Å². The van der Waals surface area contributed by atoms with E-state index in [0.29, 0.717) is 22.4 Å². The summed E-state index contributed by atoms with van der Waals surface area (Å²) in [5.41, 5.74) is 1.70. The zero-order valence-electron chi connectivity index (χ0n) is 16.0. The van der Waals surface area contributed by atoms with Crippen LogP contribution in [-0.2, 0) is 22.6 Å². The molecule has 7 nitrogen and oxygen atoms in total. The molecule has 28 heavy (non-hydrogen) atoms. The first kappa shape index (κ1) is 19.5. The van der Waals surface area contributed by atoms with E-state index in [-0.39, 0.29) is 18.2 Å². The summed E-state index contributed by atoms with van der Waals surface area (Å²) < 4.78 is 0. The predicted octanol–water partition coefficient (Wildman–Crippen LogP) is 3.14. The molecule has 2 aliphatic heterocycles. The van der Waals surface area contributed by atoms with Crippen LogP contribution in [0.4, 0.5) is 10.3 Å². The number of carbonyl (C=O) groups is 2.